The molecule has 0 radical (unpaired) electrons. The number of rotatable bonds is 6. The molecule has 134 valence electrons. The second-order valence-corrected chi connectivity index (χ2v) is 5.81. The van der Waals surface area contributed by atoms with Gasteiger partial charge in [-0.3, -0.25) is 9.59 Å². The number of fused-ring (bicyclic) bond motifs is 1. The Balaban J connectivity index is 1.61. The standard InChI is InChI=1S/C19H20N4O3/c1-13(24)21-15-6-3-5-14(11-15)19(25)20-9-8-16-12-23-10-4-7-17(26-2)18(23)22-16/h3-7,10-12H,8-9H2,1-2H3,(H,20,25)(H,21,24). The number of ether oxygens (including phenoxy) is 1. The molecule has 2 N–H and O–H groups in total. The van der Waals surface area contributed by atoms with Crippen LogP contribution in [0.2, 0.25) is 0 Å². The molecule has 0 aliphatic carbocycles. The Bertz CT molecular complexity index is 949. The maximum absolute atomic E-state index is 12.3. The lowest BCUT2D eigenvalue weighted by Crippen LogP contribution is -2.25. The van der Waals surface area contributed by atoms with Crippen molar-refractivity contribution in [2.45, 2.75) is 13.3 Å². The van der Waals surface area contributed by atoms with Crippen LogP contribution in [0.3, 0.4) is 0 Å². The lowest BCUT2D eigenvalue weighted by molar-refractivity contribution is -0.114. The SMILES string of the molecule is COc1cccn2cc(CCNC(=O)c3cccc(NC(C)=O)c3)nc12. The van der Waals surface area contributed by atoms with Crippen molar-refractivity contribution in [3.05, 3.63) is 60.0 Å². The number of aromatic nitrogens is 2. The van der Waals surface area contributed by atoms with Gasteiger partial charge in [-0.15, -0.1) is 0 Å². The number of pyridine rings is 1. The molecule has 7 nitrogen and oxygen atoms in total. The molecule has 1 aromatic carbocycles. The monoisotopic (exact) mass is 352 g/mol. The minimum absolute atomic E-state index is 0.176. The molecule has 0 atom stereocenters. The first-order chi connectivity index (χ1) is 12.6. The van der Waals surface area contributed by atoms with E-state index >= 15 is 0 Å². The van der Waals surface area contributed by atoms with Gasteiger partial charge in [0.1, 0.15) is 0 Å². The highest BCUT2D eigenvalue weighted by atomic mass is 16.5. The molecule has 26 heavy (non-hydrogen) atoms. The van der Waals surface area contributed by atoms with E-state index < -0.39 is 0 Å². The maximum Gasteiger partial charge on any atom is 0.251 e. The predicted molar refractivity (Wildman–Crippen MR) is 98.5 cm³/mol. The summed E-state index contributed by atoms with van der Waals surface area (Å²) < 4.78 is 7.19. The van der Waals surface area contributed by atoms with E-state index in [1.165, 1.54) is 6.92 Å². The van der Waals surface area contributed by atoms with Crippen molar-refractivity contribution in [3.63, 3.8) is 0 Å². The summed E-state index contributed by atoms with van der Waals surface area (Å²) >= 11 is 0. The molecule has 0 spiro atoms. The zero-order chi connectivity index (χ0) is 18.5. The Kier molecular flexibility index (Phi) is 5.17. The van der Waals surface area contributed by atoms with Crippen LogP contribution in [0.4, 0.5) is 5.69 Å². The van der Waals surface area contributed by atoms with E-state index in [0.717, 1.165) is 11.3 Å². The van der Waals surface area contributed by atoms with Gasteiger partial charge < -0.3 is 19.8 Å². The van der Waals surface area contributed by atoms with Crippen molar-refractivity contribution in [3.8, 4) is 5.75 Å². The molecule has 3 aromatic rings. The third-order valence-electron chi connectivity index (χ3n) is 3.83. The van der Waals surface area contributed by atoms with Crippen molar-refractivity contribution < 1.29 is 14.3 Å². The fraction of sp³-hybridized carbons (Fsp3) is 0.211. The van der Waals surface area contributed by atoms with Crippen molar-refractivity contribution in [2.75, 3.05) is 19.0 Å². The van der Waals surface area contributed by atoms with E-state index in [0.29, 0.717) is 30.0 Å². The molecule has 0 bridgehead atoms. The van der Waals surface area contributed by atoms with E-state index in [-0.39, 0.29) is 11.8 Å². The molecule has 0 aliphatic rings. The number of carbonyl (C=O) groups excluding carboxylic acids is 2. The van der Waals surface area contributed by atoms with Crippen molar-refractivity contribution in [1.29, 1.82) is 0 Å². The number of amides is 2. The molecule has 0 aliphatic heterocycles. The van der Waals surface area contributed by atoms with E-state index in [1.54, 1.807) is 31.4 Å². The highest BCUT2D eigenvalue weighted by molar-refractivity contribution is 5.96. The normalized spacial score (nSPS) is 10.5. The van der Waals surface area contributed by atoms with Crippen LogP contribution in [0, 0.1) is 0 Å². The molecule has 3 rings (SSSR count). The lowest BCUT2D eigenvalue weighted by atomic mass is 10.2. The first kappa shape index (κ1) is 17.5. The van der Waals surface area contributed by atoms with E-state index in [9.17, 15) is 9.59 Å². The zero-order valence-corrected chi connectivity index (χ0v) is 14.7. The van der Waals surface area contributed by atoms with Gasteiger partial charge in [0.2, 0.25) is 5.91 Å². The number of nitrogens with zero attached hydrogens (tertiary/aromatic N) is 2. The minimum atomic E-state index is -0.196. The van der Waals surface area contributed by atoms with Crippen LogP contribution in [-0.2, 0) is 11.2 Å². The number of anilines is 1. The summed E-state index contributed by atoms with van der Waals surface area (Å²) in [6.07, 6.45) is 4.42. The summed E-state index contributed by atoms with van der Waals surface area (Å²) in [6, 6.07) is 10.6. The summed E-state index contributed by atoms with van der Waals surface area (Å²) in [5.74, 6) is 0.334. The van der Waals surface area contributed by atoms with Gasteiger partial charge in [-0.05, 0) is 30.3 Å². The smallest absolute Gasteiger partial charge is 0.251 e. The number of carbonyl (C=O) groups is 2. The Morgan fingerprint density at radius 2 is 2.08 bits per heavy atom. The van der Waals surface area contributed by atoms with Crippen LogP contribution in [0.15, 0.2) is 48.8 Å². The molecule has 7 heteroatoms. The summed E-state index contributed by atoms with van der Waals surface area (Å²) in [4.78, 5) is 27.9. The Morgan fingerprint density at radius 1 is 1.23 bits per heavy atom. The molecule has 0 unspecified atom stereocenters. The molecular weight excluding hydrogens is 332 g/mol. The van der Waals surface area contributed by atoms with Crippen LogP contribution in [0.1, 0.15) is 23.0 Å². The number of benzene rings is 1. The molecule has 2 aromatic heterocycles. The average molecular weight is 352 g/mol. The molecule has 2 amide bonds. The summed E-state index contributed by atoms with van der Waals surface area (Å²) in [5.41, 5.74) is 2.70. The van der Waals surface area contributed by atoms with Gasteiger partial charge in [-0.1, -0.05) is 6.07 Å². The number of methoxy groups -OCH3 is 1. The third-order valence-corrected chi connectivity index (χ3v) is 3.83. The van der Waals surface area contributed by atoms with E-state index in [1.807, 2.05) is 28.9 Å². The minimum Gasteiger partial charge on any atom is -0.493 e. The number of hydrogen-bond donors (Lipinski definition) is 2. The number of imidazole rings is 1. The predicted octanol–water partition coefficient (Wildman–Crippen LogP) is 2.27. The second kappa shape index (κ2) is 7.69. The van der Waals surface area contributed by atoms with Crippen LogP contribution >= 0.6 is 0 Å². The quantitative estimate of drug-likeness (QED) is 0.713. The van der Waals surface area contributed by atoms with E-state index in [2.05, 4.69) is 15.6 Å². The molecule has 0 saturated heterocycles. The zero-order valence-electron chi connectivity index (χ0n) is 14.7. The van der Waals surface area contributed by atoms with Gasteiger partial charge in [0.05, 0.1) is 12.8 Å². The highest BCUT2D eigenvalue weighted by Gasteiger charge is 2.09. The van der Waals surface area contributed by atoms with Gasteiger partial charge >= 0.3 is 0 Å². The van der Waals surface area contributed by atoms with Gasteiger partial charge in [0.15, 0.2) is 11.4 Å². The highest BCUT2D eigenvalue weighted by Crippen LogP contribution is 2.18. The molecular formula is C19H20N4O3. The van der Waals surface area contributed by atoms with Crippen molar-refractivity contribution >= 4 is 23.1 Å². The molecule has 0 saturated carbocycles. The van der Waals surface area contributed by atoms with Crippen LogP contribution in [0.25, 0.3) is 5.65 Å². The summed E-state index contributed by atoms with van der Waals surface area (Å²) in [5, 5.41) is 5.53. The van der Waals surface area contributed by atoms with Crippen LogP contribution in [-0.4, -0.2) is 34.9 Å². The summed E-state index contributed by atoms with van der Waals surface area (Å²) in [7, 11) is 1.61. The van der Waals surface area contributed by atoms with Crippen LogP contribution in [0.5, 0.6) is 5.75 Å². The fourth-order valence-corrected chi connectivity index (χ4v) is 2.67. The first-order valence-electron chi connectivity index (χ1n) is 8.23. The third kappa shape index (κ3) is 4.00. The average Bonchev–Trinajstić information content (AvgIpc) is 3.04. The van der Waals surface area contributed by atoms with Crippen LogP contribution < -0.4 is 15.4 Å². The Morgan fingerprint density at radius 3 is 2.85 bits per heavy atom. The lowest BCUT2D eigenvalue weighted by Gasteiger charge is -2.06. The first-order valence-corrected chi connectivity index (χ1v) is 8.23. The molecule has 2 heterocycles. The Hall–Kier alpha value is -3.35. The Labute approximate surface area is 151 Å². The van der Waals surface area contributed by atoms with Gasteiger partial charge in [-0.2, -0.15) is 0 Å². The van der Waals surface area contributed by atoms with Crippen molar-refractivity contribution in [2.24, 2.45) is 0 Å². The second-order valence-electron chi connectivity index (χ2n) is 5.81. The number of hydrogen-bond acceptors (Lipinski definition) is 4. The topological polar surface area (TPSA) is 84.7 Å². The maximum atomic E-state index is 12.3. The number of nitrogens with one attached hydrogen (secondary N) is 2. The fourth-order valence-electron chi connectivity index (χ4n) is 2.67. The van der Waals surface area contributed by atoms with Gasteiger partial charge in [0, 0.05) is 43.5 Å². The largest absolute Gasteiger partial charge is 0.493 e. The van der Waals surface area contributed by atoms with E-state index in [4.69, 9.17) is 4.74 Å². The molecule has 0 fully saturated rings. The van der Waals surface area contributed by atoms with Crippen molar-refractivity contribution in [1.82, 2.24) is 14.7 Å². The van der Waals surface area contributed by atoms with Gasteiger partial charge in [0.25, 0.3) is 5.91 Å². The van der Waals surface area contributed by atoms with Gasteiger partial charge in [-0.25, -0.2) is 4.98 Å². The summed E-state index contributed by atoms with van der Waals surface area (Å²) in [6.45, 7) is 1.88.